The van der Waals surface area contributed by atoms with Crippen molar-refractivity contribution in [3.63, 3.8) is 0 Å². The van der Waals surface area contributed by atoms with Gasteiger partial charge in [-0.3, -0.25) is 0 Å². The second kappa shape index (κ2) is 5.02. The van der Waals surface area contributed by atoms with E-state index in [-0.39, 0.29) is 0 Å². The van der Waals surface area contributed by atoms with Crippen molar-refractivity contribution in [3.05, 3.63) is 0 Å². The van der Waals surface area contributed by atoms with Gasteiger partial charge in [0.25, 0.3) is 0 Å². The van der Waals surface area contributed by atoms with E-state index in [9.17, 15) is 8.42 Å². The van der Waals surface area contributed by atoms with Crippen molar-refractivity contribution in [1.82, 2.24) is 9.62 Å². The predicted molar refractivity (Wildman–Crippen MR) is 64.7 cm³/mol. The fourth-order valence-electron chi connectivity index (χ4n) is 2.98. The largest absolute Gasteiger partial charge is 0.320 e. The van der Waals surface area contributed by atoms with Crippen LogP contribution in [-0.4, -0.2) is 45.2 Å². The van der Waals surface area contributed by atoms with E-state index in [4.69, 9.17) is 0 Å². The van der Waals surface area contributed by atoms with Crippen molar-refractivity contribution >= 4 is 10.0 Å². The van der Waals surface area contributed by atoms with Crippen LogP contribution < -0.4 is 5.32 Å². The average molecular weight is 246 g/mol. The van der Waals surface area contributed by atoms with Crippen molar-refractivity contribution in [3.8, 4) is 0 Å². The zero-order valence-electron chi connectivity index (χ0n) is 9.98. The van der Waals surface area contributed by atoms with Crippen LogP contribution in [0.25, 0.3) is 0 Å². The van der Waals surface area contributed by atoms with Crippen LogP contribution in [0.2, 0.25) is 0 Å². The van der Waals surface area contributed by atoms with E-state index >= 15 is 0 Å². The number of nitrogens with one attached hydrogen (secondary N) is 1. The molecular formula is C11H22N2O2S. The summed E-state index contributed by atoms with van der Waals surface area (Å²) in [5.74, 6) is 1.60. The lowest BCUT2D eigenvalue weighted by Gasteiger charge is -2.17. The SMILES string of the molecule is CNCCCS(=O)(=O)N1CC2CCCC2C1. The summed E-state index contributed by atoms with van der Waals surface area (Å²) in [6.45, 7) is 2.35. The first-order valence-corrected chi connectivity index (χ1v) is 7.87. The number of sulfonamides is 1. The summed E-state index contributed by atoms with van der Waals surface area (Å²) < 4.78 is 25.8. The molecule has 0 radical (unpaired) electrons. The molecule has 1 saturated carbocycles. The highest BCUT2D eigenvalue weighted by atomic mass is 32.2. The van der Waals surface area contributed by atoms with Crippen LogP contribution in [0.4, 0.5) is 0 Å². The molecule has 16 heavy (non-hydrogen) atoms. The molecule has 0 aromatic rings. The smallest absolute Gasteiger partial charge is 0.214 e. The molecule has 2 rings (SSSR count). The van der Waals surface area contributed by atoms with E-state index in [1.54, 1.807) is 4.31 Å². The third-order valence-corrected chi connectivity index (χ3v) is 5.80. The van der Waals surface area contributed by atoms with Gasteiger partial charge in [-0.25, -0.2) is 12.7 Å². The lowest BCUT2D eigenvalue weighted by molar-refractivity contribution is 0.444. The fraction of sp³-hybridized carbons (Fsp3) is 1.00. The van der Waals surface area contributed by atoms with Crippen LogP contribution in [0.1, 0.15) is 25.7 Å². The molecule has 2 fully saturated rings. The van der Waals surface area contributed by atoms with Gasteiger partial charge in [0.05, 0.1) is 5.75 Å². The minimum atomic E-state index is -2.98. The Labute approximate surface area is 98.4 Å². The first kappa shape index (κ1) is 12.3. The Morgan fingerprint density at radius 3 is 2.44 bits per heavy atom. The molecule has 0 aromatic carbocycles. The number of hydrogen-bond acceptors (Lipinski definition) is 3. The molecule has 0 bridgehead atoms. The van der Waals surface area contributed by atoms with E-state index < -0.39 is 10.0 Å². The second-order valence-corrected chi connectivity index (χ2v) is 7.13. The van der Waals surface area contributed by atoms with Crippen LogP contribution in [0.3, 0.4) is 0 Å². The highest BCUT2D eigenvalue weighted by molar-refractivity contribution is 7.89. The van der Waals surface area contributed by atoms with Gasteiger partial charge >= 0.3 is 0 Å². The summed E-state index contributed by atoms with van der Waals surface area (Å²) >= 11 is 0. The van der Waals surface area contributed by atoms with Gasteiger partial charge in [-0.2, -0.15) is 0 Å². The first-order valence-electron chi connectivity index (χ1n) is 6.26. The van der Waals surface area contributed by atoms with E-state index in [1.165, 1.54) is 19.3 Å². The van der Waals surface area contributed by atoms with Gasteiger partial charge in [-0.05, 0) is 44.7 Å². The molecule has 5 heteroatoms. The van der Waals surface area contributed by atoms with Crippen molar-refractivity contribution in [2.45, 2.75) is 25.7 Å². The van der Waals surface area contributed by atoms with Gasteiger partial charge in [0.2, 0.25) is 10.0 Å². The lowest BCUT2D eigenvalue weighted by Crippen LogP contribution is -2.32. The van der Waals surface area contributed by atoms with Crippen LogP contribution in [0, 0.1) is 11.8 Å². The molecule has 1 saturated heterocycles. The number of nitrogens with zero attached hydrogens (tertiary/aromatic N) is 1. The molecule has 2 unspecified atom stereocenters. The Balaban J connectivity index is 1.88. The van der Waals surface area contributed by atoms with Crippen molar-refractivity contribution in [1.29, 1.82) is 0 Å². The van der Waals surface area contributed by atoms with Gasteiger partial charge in [0.15, 0.2) is 0 Å². The van der Waals surface area contributed by atoms with Crippen LogP contribution in [0.5, 0.6) is 0 Å². The third-order valence-electron chi connectivity index (χ3n) is 3.92. The van der Waals surface area contributed by atoms with Gasteiger partial charge in [0, 0.05) is 13.1 Å². The fourth-order valence-corrected chi connectivity index (χ4v) is 4.58. The summed E-state index contributed by atoms with van der Waals surface area (Å²) in [6, 6.07) is 0. The van der Waals surface area contributed by atoms with E-state index in [2.05, 4.69) is 5.32 Å². The molecule has 1 heterocycles. The van der Waals surface area contributed by atoms with Crippen LogP contribution in [0.15, 0.2) is 0 Å². The summed E-state index contributed by atoms with van der Waals surface area (Å²) in [6.07, 6.45) is 4.47. The maximum Gasteiger partial charge on any atom is 0.214 e. The van der Waals surface area contributed by atoms with Gasteiger partial charge in [-0.1, -0.05) is 6.42 Å². The molecule has 1 aliphatic carbocycles. The predicted octanol–water partition coefficient (Wildman–Crippen LogP) is 0.658. The van der Waals surface area contributed by atoms with E-state index in [0.29, 0.717) is 24.0 Å². The summed E-state index contributed by atoms with van der Waals surface area (Å²) in [7, 11) is -1.13. The Hall–Kier alpha value is -0.130. The molecule has 1 N–H and O–H groups in total. The third kappa shape index (κ3) is 2.57. The van der Waals surface area contributed by atoms with Crippen molar-refractivity contribution in [2.24, 2.45) is 11.8 Å². The number of fused-ring (bicyclic) bond motifs is 1. The maximum atomic E-state index is 12.0. The van der Waals surface area contributed by atoms with E-state index in [0.717, 1.165) is 19.6 Å². The highest BCUT2D eigenvalue weighted by Gasteiger charge is 2.40. The molecular weight excluding hydrogens is 224 g/mol. The van der Waals surface area contributed by atoms with Gasteiger partial charge in [0.1, 0.15) is 0 Å². The zero-order valence-corrected chi connectivity index (χ0v) is 10.8. The monoisotopic (exact) mass is 246 g/mol. The van der Waals surface area contributed by atoms with Crippen molar-refractivity contribution in [2.75, 3.05) is 32.4 Å². The molecule has 94 valence electrons. The van der Waals surface area contributed by atoms with Gasteiger partial charge in [-0.15, -0.1) is 0 Å². The van der Waals surface area contributed by atoms with Crippen molar-refractivity contribution < 1.29 is 8.42 Å². The number of hydrogen-bond donors (Lipinski definition) is 1. The van der Waals surface area contributed by atoms with E-state index in [1.807, 2.05) is 7.05 Å². The molecule has 2 atom stereocenters. The Bertz CT molecular complexity index is 317. The van der Waals surface area contributed by atoms with Crippen LogP contribution >= 0.6 is 0 Å². The Kier molecular flexibility index (Phi) is 3.87. The summed E-state index contributed by atoms with van der Waals surface area (Å²) in [4.78, 5) is 0. The van der Waals surface area contributed by atoms with Crippen LogP contribution in [-0.2, 0) is 10.0 Å². The molecule has 0 amide bonds. The second-order valence-electron chi connectivity index (χ2n) is 5.04. The Morgan fingerprint density at radius 1 is 1.25 bits per heavy atom. The quantitative estimate of drug-likeness (QED) is 0.725. The molecule has 4 nitrogen and oxygen atoms in total. The normalized spacial score (nSPS) is 30.8. The zero-order chi connectivity index (χ0) is 11.6. The summed E-state index contributed by atoms with van der Waals surface area (Å²) in [5, 5.41) is 2.99. The van der Waals surface area contributed by atoms with Gasteiger partial charge < -0.3 is 5.32 Å². The number of rotatable bonds is 5. The minimum absolute atomic E-state index is 0.299. The highest BCUT2D eigenvalue weighted by Crippen LogP contribution is 2.38. The molecule has 0 aromatic heterocycles. The first-order chi connectivity index (χ1) is 7.63. The Morgan fingerprint density at radius 2 is 1.88 bits per heavy atom. The molecule has 0 spiro atoms. The minimum Gasteiger partial charge on any atom is -0.320 e. The summed E-state index contributed by atoms with van der Waals surface area (Å²) in [5.41, 5.74) is 0. The topological polar surface area (TPSA) is 49.4 Å². The lowest BCUT2D eigenvalue weighted by atomic mass is 10.0. The molecule has 2 aliphatic rings. The maximum absolute atomic E-state index is 12.0. The standard InChI is InChI=1S/C11H22N2O2S/c1-12-6-3-7-16(14,15)13-8-10-4-2-5-11(10)9-13/h10-12H,2-9H2,1H3. The molecule has 1 aliphatic heterocycles. The average Bonchev–Trinajstić information content (AvgIpc) is 2.76.